The van der Waals surface area contributed by atoms with Gasteiger partial charge in [-0.2, -0.15) is 0 Å². The minimum absolute atomic E-state index is 0.113. The molecular formula is C7HO4. The molecule has 1 heterocycles. The largest absolute Gasteiger partial charge is 0.459 e. The van der Waals surface area contributed by atoms with Gasteiger partial charge in [-0.3, -0.25) is 14.4 Å². The lowest BCUT2D eigenvalue weighted by atomic mass is 10.2. The van der Waals surface area contributed by atoms with Gasteiger partial charge in [0.1, 0.15) is 6.26 Å². The Hall–Kier alpha value is -1.71. The molecule has 1 aromatic heterocycles. The highest BCUT2D eigenvalue weighted by atomic mass is 16.3. The third-order valence-electron chi connectivity index (χ3n) is 1.10. The van der Waals surface area contributed by atoms with Gasteiger partial charge in [0, 0.05) is 0 Å². The molecule has 0 atom stereocenters. The van der Waals surface area contributed by atoms with Crippen molar-refractivity contribution in [3.05, 3.63) is 23.2 Å². The number of hydrogen-bond acceptors (Lipinski definition) is 4. The lowest BCUT2D eigenvalue weighted by Gasteiger charge is -1.78. The molecule has 0 fully saturated rings. The molecule has 0 aliphatic rings. The van der Waals surface area contributed by atoms with Crippen molar-refractivity contribution in [1.82, 2.24) is 0 Å². The van der Waals surface area contributed by atoms with Crippen LogP contribution in [0.2, 0.25) is 0 Å². The lowest BCUT2D eigenvalue weighted by molar-refractivity contribution is 0.515. The second-order valence-corrected chi connectivity index (χ2v) is 1.66. The van der Waals surface area contributed by atoms with Gasteiger partial charge < -0.3 is 4.42 Å². The molecule has 0 saturated heterocycles. The summed E-state index contributed by atoms with van der Waals surface area (Å²) in [5, 5.41) is 0. The first-order valence-corrected chi connectivity index (χ1v) is 2.59. The SMILES string of the molecule is O=[C]c1coc([C]=O)c1[C]=O. The molecule has 0 aliphatic carbocycles. The fraction of sp³-hybridized carbons (Fsp3) is 0. The summed E-state index contributed by atoms with van der Waals surface area (Å²) in [5.74, 6) is -0.321. The van der Waals surface area contributed by atoms with E-state index in [1.165, 1.54) is 18.9 Å². The van der Waals surface area contributed by atoms with E-state index in [0.29, 0.717) is 0 Å². The van der Waals surface area contributed by atoms with Crippen molar-refractivity contribution < 1.29 is 18.8 Å². The van der Waals surface area contributed by atoms with E-state index in [0.717, 1.165) is 6.26 Å². The Labute approximate surface area is 61.8 Å². The molecule has 11 heavy (non-hydrogen) atoms. The fourth-order valence-electron chi connectivity index (χ4n) is 0.610. The molecule has 4 nitrogen and oxygen atoms in total. The van der Waals surface area contributed by atoms with Crippen molar-refractivity contribution in [1.29, 1.82) is 0 Å². The molecular weight excluding hydrogens is 148 g/mol. The van der Waals surface area contributed by atoms with Gasteiger partial charge >= 0.3 is 0 Å². The predicted molar refractivity (Wildman–Crippen MR) is 33.1 cm³/mol. The molecule has 0 amide bonds. The Morgan fingerprint density at radius 3 is 2.27 bits per heavy atom. The van der Waals surface area contributed by atoms with Crippen molar-refractivity contribution in [2.45, 2.75) is 0 Å². The maximum atomic E-state index is 10.1. The van der Waals surface area contributed by atoms with E-state index in [2.05, 4.69) is 4.42 Å². The van der Waals surface area contributed by atoms with Crippen LogP contribution >= 0.6 is 0 Å². The van der Waals surface area contributed by atoms with Gasteiger partial charge in [0.2, 0.25) is 12.6 Å². The van der Waals surface area contributed by atoms with Crippen LogP contribution in [0.1, 0.15) is 16.9 Å². The molecule has 1 rings (SSSR count). The molecule has 0 aromatic carbocycles. The highest BCUT2D eigenvalue weighted by Gasteiger charge is 2.13. The van der Waals surface area contributed by atoms with Gasteiger partial charge in [-0.05, 0) is 0 Å². The molecule has 0 N–H and O–H groups in total. The normalized spacial score (nSPS) is 9.09. The van der Waals surface area contributed by atoms with Crippen LogP contribution in [-0.4, -0.2) is 18.9 Å². The predicted octanol–water partition coefficient (Wildman–Crippen LogP) is -0.347. The van der Waals surface area contributed by atoms with Crippen molar-refractivity contribution >= 4 is 18.9 Å². The van der Waals surface area contributed by atoms with Gasteiger partial charge in [0.05, 0.1) is 11.1 Å². The average Bonchev–Trinajstić information content (AvgIpc) is 2.45. The Morgan fingerprint density at radius 1 is 1.09 bits per heavy atom. The van der Waals surface area contributed by atoms with Crippen molar-refractivity contribution in [2.24, 2.45) is 0 Å². The number of hydrogen-bond donors (Lipinski definition) is 0. The van der Waals surface area contributed by atoms with Crippen LogP contribution in [0.3, 0.4) is 0 Å². The summed E-state index contributed by atoms with van der Waals surface area (Å²) < 4.78 is 4.48. The number of rotatable bonds is 3. The fourth-order valence-corrected chi connectivity index (χ4v) is 0.610. The molecule has 0 unspecified atom stereocenters. The Bertz CT molecular complexity index is 272. The summed E-state index contributed by atoms with van der Waals surface area (Å²) in [6.45, 7) is 0. The summed E-state index contributed by atoms with van der Waals surface area (Å²) in [5.41, 5.74) is -0.339. The monoisotopic (exact) mass is 149 g/mol. The van der Waals surface area contributed by atoms with E-state index in [1.807, 2.05) is 0 Å². The van der Waals surface area contributed by atoms with E-state index in [1.54, 1.807) is 0 Å². The minimum Gasteiger partial charge on any atom is -0.459 e. The van der Waals surface area contributed by atoms with Crippen molar-refractivity contribution in [2.75, 3.05) is 0 Å². The molecule has 4 heteroatoms. The molecule has 0 saturated carbocycles. The van der Waals surface area contributed by atoms with E-state index in [4.69, 9.17) is 0 Å². The first-order chi connectivity index (χ1) is 5.33. The highest BCUT2D eigenvalue weighted by molar-refractivity contribution is 5.97. The van der Waals surface area contributed by atoms with Crippen LogP contribution in [0, 0.1) is 0 Å². The second kappa shape index (κ2) is 2.92. The summed E-state index contributed by atoms with van der Waals surface area (Å²) in [4.78, 5) is 30.1. The van der Waals surface area contributed by atoms with Gasteiger partial charge in [-0.1, -0.05) is 0 Å². The maximum absolute atomic E-state index is 10.1. The molecule has 0 spiro atoms. The molecule has 53 valence electrons. The van der Waals surface area contributed by atoms with Crippen LogP contribution in [0.15, 0.2) is 10.7 Å². The van der Waals surface area contributed by atoms with Crippen LogP contribution in [0.5, 0.6) is 0 Å². The molecule has 3 radical (unpaired) electrons. The maximum Gasteiger partial charge on any atom is 0.272 e. The van der Waals surface area contributed by atoms with Crippen LogP contribution < -0.4 is 0 Å². The zero-order valence-electron chi connectivity index (χ0n) is 5.21. The second-order valence-electron chi connectivity index (χ2n) is 1.66. The van der Waals surface area contributed by atoms with Gasteiger partial charge in [-0.25, -0.2) is 0 Å². The Balaban J connectivity index is 3.29. The highest BCUT2D eigenvalue weighted by Crippen LogP contribution is 2.10. The number of furan rings is 1. The minimum atomic E-state index is -0.321. The lowest BCUT2D eigenvalue weighted by Crippen LogP contribution is -1.89. The van der Waals surface area contributed by atoms with Crippen LogP contribution in [-0.2, 0) is 14.4 Å². The summed E-state index contributed by atoms with van der Waals surface area (Å²) in [6.07, 6.45) is 5.09. The third kappa shape index (κ3) is 1.10. The van der Waals surface area contributed by atoms with Crippen molar-refractivity contribution in [3.8, 4) is 0 Å². The van der Waals surface area contributed by atoms with Gasteiger partial charge in [0.15, 0.2) is 5.76 Å². The quantitative estimate of drug-likeness (QED) is 0.589. The average molecular weight is 149 g/mol. The zero-order chi connectivity index (χ0) is 8.27. The van der Waals surface area contributed by atoms with E-state index >= 15 is 0 Å². The van der Waals surface area contributed by atoms with Crippen molar-refractivity contribution in [3.63, 3.8) is 0 Å². The van der Waals surface area contributed by atoms with Gasteiger partial charge in [-0.15, -0.1) is 0 Å². The summed E-state index contributed by atoms with van der Waals surface area (Å²) >= 11 is 0. The van der Waals surface area contributed by atoms with Crippen LogP contribution in [0.4, 0.5) is 0 Å². The Kier molecular flexibility index (Phi) is 1.96. The summed E-state index contributed by atoms with van der Waals surface area (Å²) in [7, 11) is 0. The van der Waals surface area contributed by atoms with Crippen LogP contribution in [0.25, 0.3) is 0 Å². The molecule has 0 bridgehead atoms. The van der Waals surface area contributed by atoms with Gasteiger partial charge in [0.25, 0.3) is 6.29 Å². The topological polar surface area (TPSA) is 64.3 Å². The smallest absolute Gasteiger partial charge is 0.272 e. The number of carbonyl (C=O) groups excluding carboxylic acids is 3. The summed E-state index contributed by atoms with van der Waals surface area (Å²) in [6, 6.07) is 0. The van der Waals surface area contributed by atoms with E-state index in [9.17, 15) is 14.4 Å². The molecule has 0 aliphatic heterocycles. The van der Waals surface area contributed by atoms with E-state index < -0.39 is 0 Å². The standard InChI is InChI=1S/C7HO4/c8-1-5-4-11-7(3-10)6(5)2-9/h4H. The first-order valence-electron chi connectivity index (χ1n) is 2.59. The van der Waals surface area contributed by atoms with E-state index in [-0.39, 0.29) is 16.9 Å². The molecule has 1 aromatic rings. The zero-order valence-corrected chi connectivity index (χ0v) is 5.21. The first kappa shape index (κ1) is 7.40. The third-order valence-corrected chi connectivity index (χ3v) is 1.10. The Morgan fingerprint density at radius 2 is 1.82 bits per heavy atom.